The molecule has 1 amide bonds. The van der Waals surface area contributed by atoms with Gasteiger partial charge in [0, 0.05) is 62.8 Å². The third-order valence-electron chi connectivity index (χ3n) is 5.89. The molecule has 3 aromatic rings. The summed E-state index contributed by atoms with van der Waals surface area (Å²) >= 11 is 0. The number of nitrogens with one attached hydrogen (secondary N) is 3. The topological polar surface area (TPSA) is 98.3 Å². The zero-order chi connectivity index (χ0) is 22.5. The third kappa shape index (κ3) is 5.63. The van der Waals surface area contributed by atoms with Crippen LogP contribution in [0.4, 0.5) is 17.3 Å². The van der Waals surface area contributed by atoms with Gasteiger partial charge in [-0.05, 0) is 29.8 Å². The lowest BCUT2D eigenvalue weighted by Gasteiger charge is -2.34. The van der Waals surface area contributed by atoms with E-state index in [0.29, 0.717) is 31.4 Å². The van der Waals surface area contributed by atoms with Gasteiger partial charge in [0.15, 0.2) is 5.82 Å². The predicted molar refractivity (Wildman–Crippen MR) is 128 cm³/mol. The Morgan fingerprint density at radius 3 is 2.42 bits per heavy atom. The zero-order valence-electron chi connectivity index (χ0n) is 18.5. The molecule has 3 aliphatic heterocycles. The van der Waals surface area contributed by atoms with Gasteiger partial charge in [0.05, 0.1) is 6.54 Å². The molecule has 4 heterocycles. The van der Waals surface area contributed by atoms with Crippen molar-refractivity contribution < 1.29 is 4.79 Å². The zero-order valence-corrected chi connectivity index (χ0v) is 18.5. The standard InChI is InChI=1S/C24H28N8O/c33-22-16-32-11-9-31(10-12-32)15-18-3-1-6-21(13-18)29-24-28-17-27-23(30-24)19-4-2-5-20(14-19)25-7-8-26-22/h1-6,13-14,17,25H,7-12,15-16H2,(H,26,33)(H,27,28,29,30). The SMILES string of the molecule is O=C1CN2CCN(CC2)Cc2cccc(c2)Nc2ncnc(n2)-c2cccc(c2)NCCN1. The number of fused-ring (bicyclic) bond motifs is 7. The maximum atomic E-state index is 12.4. The van der Waals surface area contributed by atoms with E-state index < -0.39 is 0 Å². The second-order valence-electron chi connectivity index (χ2n) is 8.37. The second kappa shape index (κ2) is 9.93. The van der Waals surface area contributed by atoms with Crippen molar-refractivity contribution in [3.05, 3.63) is 60.4 Å². The predicted octanol–water partition coefficient (Wildman–Crippen LogP) is 1.94. The Bertz CT molecular complexity index is 1110. The van der Waals surface area contributed by atoms with E-state index in [9.17, 15) is 4.79 Å². The normalized spacial score (nSPS) is 21.2. The maximum Gasteiger partial charge on any atom is 0.234 e. The van der Waals surface area contributed by atoms with Gasteiger partial charge in [-0.2, -0.15) is 4.98 Å². The van der Waals surface area contributed by atoms with Crippen LogP contribution in [0.1, 0.15) is 5.56 Å². The van der Waals surface area contributed by atoms with Crippen LogP contribution in [0.25, 0.3) is 11.4 Å². The molecule has 8 bridgehead atoms. The molecule has 0 spiro atoms. The molecule has 0 saturated carbocycles. The fraction of sp³-hybridized carbons (Fsp3) is 0.333. The lowest BCUT2D eigenvalue weighted by atomic mass is 10.1. The van der Waals surface area contributed by atoms with Gasteiger partial charge >= 0.3 is 0 Å². The van der Waals surface area contributed by atoms with E-state index in [1.165, 1.54) is 11.9 Å². The molecular formula is C24H28N8O. The Hall–Kier alpha value is -3.56. The van der Waals surface area contributed by atoms with Crippen LogP contribution >= 0.6 is 0 Å². The smallest absolute Gasteiger partial charge is 0.234 e. The van der Waals surface area contributed by atoms with Crippen molar-refractivity contribution in [1.29, 1.82) is 0 Å². The van der Waals surface area contributed by atoms with Crippen molar-refractivity contribution in [2.75, 3.05) is 56.4 Å². The van der Waals surface area contributed by atoms with E-state index >= 15 is 0 Å². The molecule has 9 heteroatoms. The number of hydrogen-bond acceptors (Lipinski definition) is 8. The molecule has 9 nitrogen and oxygen atoms in total. The summed E-state index contributed by atoms with van der Waals surface area (Å²) in [6, 6.07) is 16.3. The van der Waals surface area contributed by atoms with E-state index in [0.717, 1.165) is 49.7 Å². The van der Waals surface area contributed by atoms with E-state index in [-0.39, 0.29) is 5.91 Å². The van der Waals surface area contributed by atoms with Crippen LogP contribution in [-0.2, 0) is 11.3 Å². The first kappa shape index (κ1) is 21.3. The van der Waals surface area contributed by atoms with Crippen LogP contribution in [0.3, 0.4) is 0 Å². The largest absolute Gasteiger partial charge is 0.383 e. The van der Waals surface area contributed by atoms with Crippen molar-refractivity contribution in [2.45, 2.75) is 6.54 Å². The third-order valence-corrected chi connectivity index (χ3v) is 5.89. The number of carbonyl (C=O) groups excluding carboxylic acids is 1. The summed E-state index contributed by atoms with van der Waals surface area (Å²) in [5.41, 5.74) is 4.02. The number of nitrogens with zero attached hydrogens (tertiary/aromatic N) is 5. The van der Waals surface area contributed by atoms with Gasteiger partial charge in [0.25, 0.3) is 0 Å². The Morgan fingerprint density at radius 2 is 1.55 bits per heavy atom. The molecule has 0 unspecified atom stereocenters. The van der Waals surface area contributed by atoms with Gasteiger partial charge in [-0.25, -0.2) is 9.97 Å². The second-order valence-corrected chi connectivity index (χ2v) is 8.37. The van der Waals surface area contributed by atoms with Gasteiger partial charge < -0.3 is 16.0 Å². The molecule has 33 heavy (non-hydrogen) atoms. The van der Waals surface area contributed by atoms with Crippen LogP contribution in [0.5, 0.6) is 0 Å². The Kier molecular flexibility index (Phi) is 6.41. The summed E-state index contributed by atoms with van der Waals surface area (Å²) in [5.74, 6) is 1.18. The highest BCUT2D eigenvalue weighted by molar-refractivity contribution is 5.78. The Labute approximate surface area is 193 Å². The Morgan fingerprint density at radius 1 is 0.788 bits per heavy atom. The number of carbonyl (C=O) groups is 1. The minimum absolute atomic E-state index is 0.0707. The van der Waals surface area contributed by atoms with Crippen molar-refractivity contribution >= 4 is 23.2 Å². The van der Waals surface area contributed by atoms with Crippen LogP contribution < -0.4 is 16.0 Å². The van der Waals surface area contributed by atoms with Crippen LogP contribution in [0, 0.1) is 0 Å². The first-order valence-corrected chi connectivity index (χ1v) is 11.3. The molecule has 2 aromatic carbocycles. The van der Waals surface area contributed by atoms with Crippen molar-refractivity contribution in [3.63, 3.8) is 0 Å². The minimum atomic E-state index is 0.0707. The van der Waals surface area contributed by atoms with E-state index in [2.05, 4.69) is 52.8 Å². The summed E-state index contributed by atoms with van der Waals surface area (Å²) in [5, 5.41) is 9.69. The highest BCUT2D eigenvalue weighted by Gasteiger charge is 2.19. The van der Waals surface area contributed by atoms with Crippen LogP contribution in [0.15, 0.2) is 54.9 Å². The first-order valence-electron chi connectivity index (χ1n) is 11.3. The summed E-state index contributed by atoms with van der Waals surface area (Å²) in [4.78, 5) is 30.3. The Balaban J connectivity index is 1.40. The van der Waals surface area contributed by atoms with E-state index in [1.54, 1.807) is 0 Å². The molecule has 0 radical (unpaired) electrons. The van der Waals surface area contributed by atoms with Crippen LogP contribution in [0.2, 0.25) is 0 Å². The van der Waals surface area contributed by atoms with Gasteiger partial charge in [-0.3, -0.25) is 14.6 Å². The number of amides is 1. The van der Waals surface area contributed by atoms with Crippen molar-refractivity contribution in [1.82, 2.24) is 30.1 Å². The minimum Gasteiger partial charge on any atom is -0.383 e. The maximum absolute atomic E-state index is 12.4. The fourth-order valence-electron chi connectivity index (χ4n) is 4.17. The lowest BCUT2D eigenvalue weighted by Crippen LogP contribution is -2.49. The summed E-state index contributed by atoms with van der Waals surface area (Å²) < 4.78 is 0. The molecule has 1 aromatic heterocycles. The molecule has 6 rings (SSSR count). The summed E-state index contributed by atoms with van der Waals surface area (Å²) in [6.07, 6.45) is 1.53. The number of hydrogen-bond donors (Lipinski definition) is 3. The molecule has 1 saturated heterocycles. The van der Waals surface area contributed by atoms with Crippen molar-refractivity contribution in [2.24, 2.45) is 0 Å². The van der Waals surface area contributed by atoms with Gasteiger partial charge in [-0.1, -0.05) is 24.3 Å². The monoisotopic (exact) mass is 444 g/mol. The summed E-state index contributed by atoms with van der Waals surface area (Å²) in [7, 11) is 0. The summed E-state index contributed by atoms with van der Waals surface area (Å²) in [6.45, 7) is 6.20. The van der Waals surface area contributed by atoms with Gasteiger partial charge in [0.1, 0.15) is 6.33 Å². The lowest BCUT2D eigenvalue weighted by molar-refractivity contribution is -0.122. The number of anilines is 3. The highest BCUT2D eigenvalue weighted by Crippen LogP contribution is 2.21. The molecule has 3 aliphatic rings. The van der Waals surface area contributed by atoms with E-state index in [4.69, 9.17) is 0 Å². The average Bonchev–Trinajstić information content (AvgIpc) is 2.83. The molecule has 1 fully saturated rings. The van der Waals surface area contributed by atoms with Gasteiger partial charge in [-0.15, -0.1) is 0 Å². The average molecular weight is 445 g/mol. The molecule has 3 N–H and O–H groups in total. The highest BCUT2D eigenvalue weighted by atomic mass is 16.2. The van der Waals surface area contributed by atoms with Crippen molar-refractivity contribution in [3.8, 4) is 11.4 Å². The molecule has 0 atom stereocenters. The van der Waals surface area contributed by atoms with E-state index in [1.807, 2.05) is 36.4 Å². The number of rotatable bonds is 0. The number of piperazine rings is 1. The van der Waals surface area contributed by atoms with Crippen LogP contribution in [-0.4, -0.2) is 76.5 Å². The molecular weight excluding hydrogens is 416 g/mol. The molecule has 0 aliphatic carbocycles. The first-order chi connectivity index (χ1) is 16.2. The quantitative estimate of drug-likeness (QED) is 0.484. The fourth-order valence-corrected chi connectivity index (χ4v) is 4.17. The number of benzene rings is 2. The molecule has 170 valence electrons. The number of aromatic nitrogens is 3. The van der Waals surface area contributed by atoms with Gasteiger partial charge in [0.2, 0.25) is 11.9 Å².